The van der Waals surface area contributed by atoms with E-state index in [1.165, 1.54) is 5.56 Å². The molecule has 2 aliphatic heterocycles. The van der Waals surface area contributed by atoms with Crippen molar-refractivity contribution < 1.29 is 9.18 Å². The smallest absolute Gasteiger partial charge is 0.252 e. The van der Waals surface area contributed by atoms with Gasteiger partial charge < -0.3 is 10.6 Å². The van der Waals surface area contributed by atoms with Crippen LogP contribution in [0.15, 0.2) is 71.7 Å². The Kier molecular flexibility index (Phi) is 4.91. The Morgan fingerprint density at radius 1 is 1.06 bits per heavy atom. The predicted octanol–water partition coefficient (Wildman–Crippen LogP) is 4.51. The van der Waals surface area contributed by atoms with Crippen LogP contribution in [0.2, 0.25) is 0 Å². The van der Waals surface area contributed by atoms with Crippen LogP contribution in [0.4, 0.5) is 4.39 Å². The van der Waals surface area contributed by atoms with Crippen LogP contribution in [0.25, 0.3) is 11.1 Å². The van der Waals surface area contributed by atoms with Crippen molar-refractivity contribution in [3.63, 3.8) is 0 Å². The van der Waals surface area contributed by atoms with Crippen molar-refractivity contribution in [2.75, 3.05) is 13.1 Å². The summed E-state index contributed by atoms with van der Waals surface area (Å²) in [5.41, 5.74) is 5.65. The first-order valence-electron chi connectivity index (χ1n) is 10.6. The Morgan fingerprint density at radius 3 is 2.71 bits per heavy atom. The summed E-state index contributed by atoms with van der Waals surface area (Å²) in [6, 6.07) is 21.5. The molecule has 31 heavy (non-hydrogen) atoms. The highest BCUT2D eigenvalue weighted by Gasteiger charge is 2.37. The molecule has 3 aromatic rings. The summed E-state index contributed by atoms with van der Waals surface area (Å²) >= 11 is 0. The normalized spacial score (nSPS) is 19.7. The number of carbonyl (C=O) groups is 1. The highest BCUT2D eigenvalue weighted by molar-refractivity contribution is 5.99. The van der Waals surface area contributed by atoms with Gasteiger partial charge in [-0.2, -0.15) is 4.39 Å². The SMILES string of the molecule is Cc1cccc(C2(NC(=O)c3cccc(-c4ccc5c(c4)C(F)=NC5)c3)CCNC2)c1. The topological polar surface area (TPSA) is 53.5 Å². The second-order valence-corrected chi connectivity index (χ2v) is 8.39. The fraction of sp³-hybridized carbons (Fsp3) is 0.231. The summed E-state index contributed by atoms with van der Waals surface area (Å²) in [5.74, 6) is -0.527. The van der Waals surface area contributed by atoms with E-state index in [-0.39, 0.29) is 5.91 Å². The lowest BCUT2D eigenvalue weighted by Gasteiger charge is -2.30. The number of aliphatic imine (C=N–C) groups is 1. The molecule has 2 N–H and O–H groups in total. The average molecular weight is 413 g/mol. The minimum Gasteiger partial charge on any atom is -0.341 e. The van der Waals surface area contributed by atoms with Gasteiger partial charge in [-0.15, -0.1) is 0 Å². The van der Waals surface area contributed by atoms with Crippen molar-refractivity contribution in [3.8, 4) is 11.1 Å². The van der Waals surface area contributed by atoms with Crippen LogP contribution < -0.4 is 10.6 Å². The molecule has 1 unspecified atom stereocenters. The summed E-state index contributed by atoms with van der Waals surface area (Å²) in [6.07, 6.45) is 0.839. The lowest BCUT2D eigenvalue weighted by molar-refractivity contribution is 0.0904. The van der Waals surface area contributed by atoms with Gasteiger partial charge in [-0.3, -0.25) is 9.79 Å². The summed E-state index contributed by atoms with van der Waals surface area (Å²) in [7, 11) is 0. The summed E-state index contributed by atoms with van der Waals surface area (Å²) < 4.78 is 14.0. The molecule has 1 fully saturated rings. The molecule has 5 heteroatoms. The highest BCUT2D eigenvalue weighted by Crippen LogP contribution is 2.30. The van der Waals surface area contributed by atoms with Crippen molar-refractivity contribution in [2.45, 2.75) is 25.4 Å². The molecule has 3 aromatic carbocycles. The number of hydrogen-bond donors (Lipinski definition) is 2. The number of aryl methyl sites for hydroxylation is 1. The number of benzene rings is 3. The number of nitrogens with one attached hydrogen (secondary N) is 2. The van der Waals surface area contributed by atoms with Crippen LogP contribution in [0.1, 0.15) is 39.0 Å². The number of nitrogens with zero attached hydrogens (tertiary/aromatic N) is 1. The molecular formula is C26H24FN3O. The van der Waals surface area contributed by atoms with Crippen molar-refractivity contribution in [1.82, 2.24) is 10.6 Å². The second-order valence-electron chi connectivity index (χ2n) is 8.39. The molecular weight excluding hydrogens is 389 g/mol. The van der Waals surface area contributed by atoms with Gasteiger partial charge in [0.25, 0.3) is 5.91 Å². The highest BCUT2D eigenvalue weighted by atomic mass is 19.1. The first-order chi connectivity index (χ1) is 15.0. The van der Waals surface area contributed by atoms with E-state index in [9.17, 15) is 9.18 Å². The third-order valence-electron chi connectivity index (χ3n) is 6.26. The largest absolute Gasteiger partial charge is 0.341 e. The summed E-state index contributed by atoms with van der Waals surface area (Å²) in [4.78, 5) is 17.1. The van der Waals surface area contributed by atoms with E-state index in [0.29, 0.717) is 24.2 Å². The van der Waals surface area contributed by atoms with Crippen molar-refractivity contribution >= 4 is 11.9 Å². The van der Waals surface area contributed by atoms with Crippen LogP contribution in [0.3, 0.4) is 0 Å². The molecule has 1 saturated heterocycles. The number of halogens is 1. The molecule has 5 rings (SSSR count). The first-order valence-corrected chi connectivity index (χ1v) is 10.6. The van der Waals surface area contributed by atoms with Gasteiger partial charge in [0, 0.05) is 17.7 Å². The molecule has 156 valence electrons. The maximum absolute atomic E-state index is 14.0. The van der Waals surface area contributed by atoms with Gasteiger partial charge >= 0.3 is 0 Å². The van der Waals surface area contributed by atoms with Crippen molar-refractivity contribution in [2.24, 2.45) is 4.99 Å². The maximum Gasteiger partial charge on any atom is 0.252 e. The minimum absolute atomic E-state index is 0.110. The Balaban J connectivity index is 1.44. The third kappa shape index (κ3) is 3.66. The number of fused-ring (bicyclic) bond motifs is 1. The van der Waals surface area contributed by atoms with E-state index >= 15 is 0 Å². The summed E-state index contributed by atoms with van der Waals surface area (Å²) in [5, 5.41) is 6.69. The minimum atomic E-state index is -0.424. The zero-order valence-corrected chi connectivity index (χ0v) is 17.4. The van der Waals surface area contributed by atoms with E-state index in [1.807, 2.05) is 48.5 Å². The predicted molar refractivity (Wildman–Crippen MR) is 121 cm³/mol. The van der Waals surface area contributed by atoms with E-state index in [2.05, 4.69) is 40.7 Å². The van der Waals surface area contributed by atoms with Crippen molar-refractivity contribution in [1.29, 1.82) is 0 Å². The fourth-order valence-electron chi connectivity index (χ4n) is 4.52. The quantitative estimate of drug-likeness (QED) is 0.661. The second kappa shape index (κ2) is 7.75. The summed E-state index contributed by atoms with van der Waals surface area (Å²) in [6.45, 7) is 4.01. The number of hydrogen-bond acceptors (Lipinski definition) is 3. The number of carbonyl (C=O) groups excluding carboxylic acids is 1. The Bertz CT molecular complexity index is 1190. The molecule has 1 atom stereocenters. The molecule has 2 aliphatic rings. The van der Waals surface area contributed by atoms with Crippen molar-refractivity contribution in [3.05, 3.63) is 94.5 Å². The fourth-order valence-corrected chi connectivity index (χ4v) is 4.52. The Hall–Kier alpha value is -3.31. The van der Waals surface area contributed by atoms with E-state index in [1.54, 1.807) is 0 Å². The first kappa shape index (κ1) is 19.6. The zero-order valence-electron chi connectivity index (χ0n) is 17.4. The lowest BCUT2D eigenvalue weighted by Crippen LogP contribution is -2.47. The van der Waals surface area contributed by atoms with E-state index in [4.69, 9.17) is 0 Å². The Labute approximate surface area is 181 Å². The van der Waals surface area contributed by atoms with Gasteiger partial charge in [0.1, 0.15) is 0 Å². The molecule has 0 bridgehead atoms. The standard InChI is InChI=1S/C26H24FN3O/c1-17-4-2-7-22(12-17)26(10-11-28-16-26)30-25(31)20-6-3-5-18(13-20)19-8-9-21-15-29-24(27)23(21)14-19/h2-9,12-14,28H,10-11,15-16H2,1H3,(H,30,31). The molecule has 0 spiro atoms. The molecule has 2 heterocycles. The van der Waals surface area contributed by atoms with Gasteiger partial charge in [-0.25, -0.2) is 0 Å². The van der Waals surface area contributed by atoms with Crippen LogP contribution >= 0.6 is 0 Å². The van der Waals surface area contributed by atoms with Gasteiger partial charge in [0.05, 0.1) is 12.1 Å². The van der Waals surface area contributed by atoms with Gasteiger partial charge in [-0.05, 0) is 60.3 Å². The average Bonchev–Trinajstić information content (AvgIpc) is 3.41. The van der Waals surface area contributed by atoms with Crippen LogP contribution in [0, 0.1) is 6.92 Å². The van der Waals surface area contributed by atoms with Crippen LogP contribution in [-0.4, -0.2) is 25.0 Å². The van der Waals surface area contributed by atoms with Crippen LogP contribution in [0.5, 0.6) is 0 Å². The molecule has 1 amide bonds. The lowest BCUT2D eigenvalue weighted by atomic mass is 9.87. The van der Waals surface area contributed by atoms with E-state index < -0.39 is 11.5 Å². The maximum atomic E-state index is 14.0. The molecule has 0 saturated carbocycles. The number of amides is 1. The van der Waals surface area contributed by atoms with E-state index in [0.717, 1.165) is 35.2 Å². The van der Waals surface area contributed by atoms with Gasteiger partial charge in [-0.1, -0.05) is 54.1 Å². The molecule has 0 aromatic heterocycles. The zero-order chi connectivity index (χ0) is 21.4. The molecule has 4 nitrogen and oxygen atoms in total. The van der Waals surface area contributed by atoms with Gasteiger partial charge in [0.2, 0.25) is 5.97 Å². The third-order valence-corrected chi connectivity index (χ3v) is 6.26. The Morgan fingerprint density at radius 2 is 1.90 bits per heavy atom. The monoisotopic (exact) mass is 413 g/mol. The number of rotatable bonds is 4. The molecule has 0 radical (unpaired) electrons. The molecule has 0 aliphatic carbocycles. The van der Waals surface area contributed by atoms with Gasteiger partial charge in [0.15, 0.2) is 0 Å². The van der Waals surface area contributed by atoms with Crippen LogP contribution in [-0.2, 0) is 12.1 Å².